The molecule has 0 aliphatic carbocycles. The molecule has 1 amide bonds. The quantitative estimate of drug-likeness (QED) is 0.492. The molecule has 1 aliphatic rings. The van der Waals surface area contributed by atoms with Crippen LogP contribution in [0.5, 0.6) is 5.88 Å². The normalized spacial score (nSPS) is 16.2. The van der Waals surface area contributed by atoms with Crippen molar-refractivity contribution in [1.29, 1.82) is 0 Å². The lowest BCUT2D eigenvalue weighted by Crippen LogP contribution is -2.49. The highest BCUT2D eigenvalue weighted by Gasteiger charge is 2.28. The van der Waals surface area contributed by atoms with Crippen molar-refractivity contribution in [3.8, 4) is 17.3 Å². The summed E-state index contributed by atoms with van der Waals surface area (Å²) in [7, 11) is 1.37. The fraction of sp³-hybridized carbons (Fsp3) is 0.435. The molecule has 0 unspecified atom stereocenters. The summed E-state index contributed by atoms with van der Waals surface area (Å²) in [5.41, 5.74) is 8.08. The molecule has 1 fully saturated rings. The first kappa shape index (κ1) is 24.0. The molecule has 35 heavy (non-hydrogen) atoms. The smallest absolute Gasteiger partial charge is 0.407 e. The standard InChI is InChI=1S/C23H29N7O5/c1-23(2,3)35-22(33)27-13-6-5-9-29(11-13)17-10-16(30-18(17)19(24)25-12-26-30)15-8-7-14(21(31)32)20(28-15)34-4/h7-8,10,12-13H,5-6,9,11H2,1-4H3,(H,27,33)(H,31,32)(H2,24,25,26)/t13-/m1/s1. The summed E-state index contributed by atoms with van der Waals surface area (Å²) < 4.78 is 12.2. The molecule has 1 aliphatic heterocycles. The number of amides is 1. The molecule has 0 bridgehead atoms. The molecule has 186 valence electrons. The summed E-state index contributed by atoms with van der Waals surface area (Å²) >= 11 is 0. The Morgan fingerprint density at radius 2 is 2.06 bits per heavy atom. The van der Waals surface area contributed by atoms with Gasteiger partial charge >= 0.3 is 12.1 Å². The highest BCUT2D eigenvalue weighted by molar-refractivity contribution is 5.91. The fourth-order valence-electron chi connectivity index (χ4n) is 4.16. The summed E-state index contributed by atoms with van der Waals surface area (Å²) in [6, 6.07) is 4.81. The largest absolute Gasteiger partial charge is 0.480 e. The summed E-state index contributed by atoms with van der Waals surface area (Å²) in [4.78, 5) is 34.4. The third-order valence-corrected chi connectivity index (χ3v) is 5.59. The minimum absolute atomic E-state index is 0.00637. The Morgan fingerprint density at radius 3 is 2.74 bits per heavy atom. The first-order valence-electron chi connectivity index (χ1n) is 11.2. The van der Waals surface area contributed by atoms with Gasteiger partial charge in [0.15, 0.2) is 5.82 Å². The summed E-state index contributed by atoms with van der Waals surface area (Å²) in [5.74, 6) is -0.851. The van der Waals surface area contributed by atoms with E-state index in [1.165, 1.54) is 19.5 Å². The Hall–Kier alpha value is -4.09. The van der Waals surface area contributed by atoms with E-state index < -0.39 is 17.7 Å². The van der Waals surface area contributed by atoms with E-state index in [0.717, 1.165) is 25.1 Å². The average Bonchev–Trinajstić information content (AvgIpc) is 3.18. The van der Waals surface area contributed by atoms with Crippen LogP contribution in [0.15, 0.2) is 24.5 Å². The number of aromatic carboxylic acids is 1. The predicted octanol–water partition coefficient (Wildman–Crippen LogP) is 2.57. The molecule has 12 heteroatoms. The Balaban J connectivity index is 1.69. The van der Waals surface area contributed by atoms with Gasteiger partial charge in [-0.3, -0.25) is 0 Å². The third-order valence-electron chi connectivity index (χ3n) is 5.59. The molecule has 0 spiro atoms. The summed E-state index contributed by atoms with van der Waals surface area (Å²) in [6.45, 7) is 6.76. The number of piperidine rings is 1. The number of aromatic nitrogens is 4. The lowest BCUT2D eigenvalue weighted by molar-refractivity contribution is 0.0499. The number of pyridine rings is 1. The first-order valence-corrected chi connectivity index (χ1v) is 11.2. The molecule has 4 N–H and O–H groups in total. The van der Waals surface area contributed by atoms with Gasteiger partial charge in [0.05, 0.1) is 24.2 Å². The van der Waals surface area contributed by atoms with Crippen molar-refractivity contribution in [3.05, 3.63) is 30.1 Å². The van der Waals surface area contributed by atoms with Crippen LogP contribution in [0, 0.1) is 0 Å². The number of carboxylic acids is 1. The van der Waals surface area contributed by atoms with Gasteiger partial charge in [0.2, 0.25) is 5.88 Å². The number of hydrogen-bond donors (Lipinski definition) is 3. The molecule has 12 nitrogen and oxygen atoms in total. The summed E-state index contributed by atoms with van der Waals surface area (Å²) in [6.07, 6.45) is 2.56. The highest BCUT2D eigenvalue weighted by atomic mass is 16.6. The number of nitrogen functional groups attached to an aromatic ring is 1. The minimum atomic E-state index is -1.13. The number of carbonyl (C=O) groups is 2. The molecule has 0 saturated carbocycles. The monoisotopic (exact) mass is 483 g/mol. The molecule has 3 aromatic heterocycles. The zero-order chi connectivity index (χ0) is 25.3. The van der Waals surface area contributed by atoms with Crippen molar-refractivity contribution >= 4 is 29.1 Å². The van der Waals surface area contributed by atoms with Gasteiger partial charge in [0.1, 0.15) is 23.0 Å². The average molecular weight is 484 g/mol. The number of fused-ring (bicyclic) bond motifs is 1. The first-order chi connectivity index (χ1) is 16.6. The van der Waals surface area contributed by atoms with Crippen molar-refractivity contribution < 1.29 is 24.2 Å². The van der Waals surface area contributed by atoms with Gasteiger partial charge in [0, 0.05) is 19.1 Å². The number of ether oxygens (including phenoxy) is 2. The number of hydrogen-bond acceptors (Lipinski definition) is 9. The fourth-order valence-corrected chi connectivity index (χ4v) is 4.16. The number of nitrogens with two attached hydrogens (primary N) is 1. The molecule has 4 heterocycles. The Labute approximate surface area is 202 Å². The van der Waals surface area contributed by atoms with Crippen LogP contribution in [0.4, 0.5) is 16.3 Å². The SMILES string of the molecule is COc1nc(-c2cc(N3CCC[C@@H](NC(=O)OC(C)(C)C)C3)c3c(N)ncnn23)ccc1C(=O)O. The van der Waals surface area contributed by atoms with Crippen LogP contribution in [0.25, 0.3) is 16.9 Å². The van der Waals surface area contributed by atoms with Gasteiger partial charge in [0.25, 0.3) is 0 Å². The zero-order valence-corrected chi connectivity index (χ0v) is 20.1. The van der Waals surface area contributed by atoms with E-state index in [9.17, 15) is 14.7 Å². The molecule has 4 rings (SSSR count). The van der Waals surface area contributed by atoms with E-state index in [4.69, 9.17) is 15.2 Å². The molecule has 0 radical (unpaired) electrons. The minimum Gasteiger partial charge on any atom is -0.480 e. The molecular weight excluding hydrogens is 454 g/mol. The van der Waals surface area contributed by atoms with Crippen molar-refractivity contribution in [2.24, 2.45) is 0 Å². The maximum absolute atomic E-state index is 12.3. The highest BCUT2D eigenvalue weighted by Crippen LogP contribution is 2.35. The van der Waals surface area contributed by atoms with Crippen LogP contribution in [0.1, 0.15) is 44.0 Å². The molecule has 3 aromatic rings. The Bertz CT molecular complexity index is 1270. The van der Waals surface area contributed by atoms with E-state index >= 15 is 0 Å². The summed E-state index contributed by atoms with van der Waals surface area (Å²) in [5, 5.41) is 16.7. The number of methoxy groups -OCH3 is 1. The second kappa shape index (κ2) is 9.28. The van der Waals surface area contributed by atoms with Crippen molar-refractivity contribution in [2.75, 3.05) is 30.8 Å². The van der Waals surface area contributed by atoms with E-state index in [0.29, 0.717) is 23.4 Å². The van der Waals surface area contributed by atoms with E-state index in [2.05, 4.69) is 25.3 Å². The van der Waals surface area contributed by atoms with Gasteiger partial charge in [-0.15, -0.1) is 0 Å². The van der Waals surface area contributed by atoms with Gasteiger partial charge in [-0.2, -0.15) is 5.10 Å². The van der Waals surface area contributed by atoms with Gasteiger partial charge in [-0.05, 0) is 51.8 Å². The molecular formula is C23H29N7O5. The maximum atomic E-state index is 12.3. The van der Waals surface area contributed by atoms with Gasteiger partial charge in [-0.1, -0.05) is 0 Å². The van der Waals surface area contributed by atoms with Crippen LogP contribution >= 0.6 is 0 Å². The number of carboxylic acid groups (broad SMARTS) is 1. The number of alkyl carbamates (subject to hydrolysis) is 1. The Kier molecular flexibility index (Phi) is 6.37. The molecule has 0 aromatic carbocycles. The van der Waals surface area contributed by atoms with E-state index in [1.54, 1.807) is 10.6 Å². The maximum Gasteiger partial charge on any atom is 0.407 e. The van der Waals surface area contributed by atoms with Crippen LogP contribution in [-0.4, -0.2) is 68.6 Å². The predicted molar refractivity (Wildman–Crippen MR) is 129 cm³/mol. The number of carbonyl (C=O) groups excluding carboxylic acids is 1. The van der Waals surface area contributed by atoms with Gasteiger partial charge < -0.3 is 30.5 Å². The zero-order valence-electron chi connectivity index (χ0n) is 20.1. The number of nitrogens with one attached hydrogen (secondary N) is 1. The number of nitrogens with zero attached hydrogens (tertiary/aromatic N) is 5. The van der Waals surface area contributed by atoms with E-state index in [-0.39, 0.29) is 23.3 Å². The van der Waals surface area contributed by atoms with Gasteiger partial charge in [-0.25, -0.2) is 24.1 Å². The second-order valence-electron chi connectivity index (χ2n) is 9.31. The second-order valence-corrected chi connectivity index (χ2v) is 9.31. The Morgan fingerprint density at radius 1 is 1.29 bits per heavy atom. The van der Waals surface area contributed by atoms with Crippen LogP contribution < -0.4 is 20.7 Å². The molecule has 1 atom stereocenters. The lowest BCUT2D eigenvalue weighted by atomic mass is 10.1. The number of rotatable bonds is 5. The van der Waals surface area contributed by atoms with Crippen molar-refractivity contribution in [2.45, 2.75) is 45.3 Å². The lowest BCUT2D eigenvalue weighted by Gasteiger charge is -2.34. The van der Waals surface area contributed by atoms with Crippen molar-refractivity contribution in [1.82, 2.24) is 24.9 Å². The molecule has 1 saturated heterocycles. The van der Waals surface area contributed by atoms with Crippen LogP contribution in [0.2, 0.25) is 0 Å². The van der Waals surface area contributed by atoms with Crippen molar-refractivity contribution in [3.63, 3.8) is 0 Å². The van der Waals surface area contributed by atoms with E-state index in [1.807, 2.05) is 26.8 Å². The van der Waals surface area contributed by atoms with Crippen LogP contribution in [0.3, 0.4) is 0 Å². The van der Waals surface area contributed by atoms with Crippen LogP contribution in [-0.2, 0) is 4.74 Å². The third kappa shape index (κ3) is 5.05. The number of anilines is 2. The topological polar surface area (TPSA) is 157 Å².